The fourth-order valence-corrected chi connectivity index (χ4v) is 4.12. The van der Waals surface area contributed by atoms with Crippen LogP contribution in [0.2, 0.25) is 0 Å². The molecule has 4 heteroatoms. The fourth-order valence-electron chi connectivity index (χ4n) is 4.12. The number of allylic oxidation sites excluding steroid dienone is 2. The summed E-state index contributed by atoms with van der Waals surface area (Å²) in [6.45, 7) is 3.95. The molecule has 0 bridgehead atoms. The van der Waals surface area contributed by atoms with Gasteiger partial charge < -0.3 is 9.47 Å². The molecule has 1 aromatic heterocycles. The Labute approximate surface area is 118 Å². The van der Waals surface area contributed by atoms with E-state index in [1.54, 1.807) is 0 Å². The van der Waals surface area contributed by atoms with Crippen LogP contribution in [0.3, 0.4) is 0 Å². The van der Waals surface area contributed by atoms with Crippen LogP contribution in [-0.2, 0) is 21.7 Å². The molecule has 0 radical (unpaired) electrons. The maximum atomic E-state index is 12.5. The highest BCUT2D eigenvalue weighted by molar-refractivity contribution is 6.21. The highest BCUT2D eigenvalue weighted by Crippen LogP contribution is 2.45. The highest BCUT2D eigenvalue weighted by Gasteiger charge is 2.48. The number of hydrogen-bond acceptors (Lipinski definition) is 3. The fraction of sp³-hybridized carbons (Fsp3) is 0.500. The van der Waals surface area contributed by atoms with Crippen LogP contribution in [0.25, 0.3) is 0 Å². The smallest absolute Gasteiger partial charge is 0.170 e. The van der Waals surface area contributed by atoms with Crippen LogP contribution in [0.4, 0.5) is 0 Å². The normalized spacial score (nSPS) is 29.1. The number of aromatic nitrogens is 1. The first-order valence-corrected chi connectivity index (χ1v) is 7.34. The minimum absolute atomic E-state index is 0.0399. The van der Waals surface area contributed by atoms with Gasteiger partial charge in [-0.3, -0.25) is 9.59 Å². The molecule has 4 rings (SSSR count). The van der Waals surface area contributed by atoms with Crippen LogP contribution in [0.15, 0.2) is 29.6 Å². The minimum atomic E-state index is -0.282. The van der Waals surface area contributed by atoms with E-state index in [9.17, 15) is 9.59 Å². The maximum Gasteiger partial charge on any atom is 0.170 e. The van der Waals surface area contributed by atoms with Crippen molar-refractivity contribution in [2.24, 2.45) is 0 Å². The molecule has 0 spiro atoms. The second kappa shape index (κ2) is 3.84. The monoisotopic (exact) mass is 270 g/mol. The van der Waals surface area contributed by atoms with Crippen LogP contribution >= 0.6 is 0 Å². The lowest BCUT2D eigenvalue weighted by Crippen LogP contribution is -2.55. The van der Waals surface area contributed by atoms with Crippen molar-refractivity contribution in [3.63, 3.8) is 0 Å². The molecule has 1 atom stereocenters. The van der Waals surface area contributed by atoms with E-state index in [0.29, 0.717) is 18.4 Å². The number of carbonyl (C=O) groups excluding carboxylic acids is 2. The van der Waals surface area contributed by atoms with Crippen LogP contribution < -0.4 is 0 Å². The minimum Gasteiger partial charge on any atom is -0.361 e. The van der Waals surface area contributed by atoms with Gasteiger partial charge in [0, 0.05) is 43.5 Å². The van der Waals surface area contributed by atoms with E-state index in [-0.39, 0.29) is 17.1 Å². The van der Waals surface area contributed by atoms with Gasteiger partial charge in [-0.15, -0.1) is 0 Å². The lowest BCUT2D eigenvalue weighted by atomic mass is 9.76. The molecular weight excluding hydrogens is 252 g/mol. The number of Topliss-reactive ketones (excluding diaryl/α,β-unsaturated/α-hetero) is 2. The third-order valence-corrected chi connectivity index (χ3v) is 5.04. The molecule has 0 amide bonds. The highest BCUT2D eigenvalue weighted by atomic mass is 16.1. The SMILES string of the molecule is CC12CC(=O)C3=C(CCCC3=O)N1CCn1cccc12. The predicted molar refractivity (Wildman–Crippen MR) is 74.0 cm³/mol. The van der Waals surface area contributed by atoms with E-state index in [1.807, 2.05) is 6.07 Å². The second-order valence-corrected chi connectivity index (χ2v) is 6.21. The Hall–Kier alpha value is -1.84. The van der Waals surface area contributed by atoms with Crippen molar-refractivity contribution in [3.8, 4) is 0 Å². The summed E-state index contributed by atoms with van der Waals surface area (Å²) >= 11 is 0. The molecule has 0 saturated heterocycles. The van der Waals surface area contributed by atoms with Crippen molar-refractivity contribution in [1.82, 2.24) is 9.47 Å². The van der Waals surface area contributed by atoms with Crippen LogP contribution in [0, 0.1) is 0 Å². The lowest BCUT2D eigenvalue weighted by molar-refractivity contribution is -0.126. The predicted octanol–water partition coefficient (Wildman–Crippen LogP) is 2.00. The molecule has 20 heavy (non-hydrogen) atoms. The van der Waals surface area contributed by atoms with Crippen LogP contribution in [0.1, 0.15) is 38.3 Å². The second-order valence-electron chi connectivity index (χ2n) is 6.21. The van der Waals surface area contributed by atoms with Crippen molar-refractivity contribution >= 4 is 11.6 Å². The van der Waals surface area contributed by atoms with Gasteiger partial charge in [0.1, 0.15) is 0 Å². The van der Waals surface area contributed by atoms with E-state index >= 15 is 0 Å². The van der Waals surface area contributed by atoms with Crippen molar-refractivity contribution < 1.29 is 9.59 Å². The van der Waals surface area contributed by atoms with E-state index < -0.39 is 0 Å². The first-order chi connectivity index (χ1) is 9.61. The lowest BCUT2D eigenvalue weighted by Gasteiger charge is -2.51. The summed E-state index contributed by atoms with van der Waals surface area (Å²) < 4.78 is 2.24. The number of carbonyl (C=O) groups is 2. The van der Waals surface area contributed by atoms with Gasteiger partial charge in [-0.1, -0.05) is 0 Å². The molecular formula is C16H18N2O2. The Kier molecular flexibility index (Phi) is 2.29. The zero-order valence-corrected chi connectivity index (χ0v) is 11.7. The molecule has 0 N–H and O–H groups in total. The number of ketones is 2. The van der Waals surface area contributed by atoms with Gasteiger partial charge in [-0.05, 0) is 31.9 Å². The molecule has 104 valence electrons. The molecule has 3 aliphatic rings. The van der Waals surface area contributed by atoms with Crippen molar-refractivity contribution in [3.05, 3.63) is 35.3 Å². The Morgan fingerprint density at radius 1 is 1.15 bits per heavy atom. The van der Waals surface area contributed by atoms with Gasteiger partial charge in [0.05, 0.1) is 11.1 Å². The van der Waals surface area contributed by atoms with Gasteiger partial charge in [-0.2, -0.15) is 0 Å². The van der Waals surface area contributed by atoms with Gasteiger partial charge >= 0.3 is 0 Å². The molecule has 4 nitrogen and oxygen atoms in total. The Bertz CT molecular complexity index is 655. The van der Waals surface area contributed by atoms with E-state index in [1.165, 1.54) is 5.69 Å². The van der Waals surface area contributed by atoms with Crippen molar-refractivity contribution in [2.75, 3.05) is 6.54 Å². The van der Waals surface area contributed by atoms with Crippen LogP contribution in [-0.4, -0.2) is 27.6 Å². The Balaban J connectivity index is 1.90. The molecule has 0 saturated carbocycles. The Morgan fingerprint density at radius 2 is 2.00 bits per heavy atom. The zero-order valence-electron chi connectivity index (χ0n) is 11.7. The number of hydrogen-bond donors (Lipinski definition) is 0. The first kappa shape index (κ1) is 11.9. The molecule has 2 aliphatic heterocycles. The summed E-state index contributed by atoms with van der Waals surface area (Å²) in [6.07, 6.45) is 4.77. The third-order valence-electron chi connectivity index (χ3n) is 5.04. The molecule has 1 aromatic rings. The van der Waals surface area contributed by atoms with Crippen molar-refractivity contribution in [2.45, 2.75) is 44.7 Å². The standard InChI is InChI=1S/C16H18N2O2/c1-16-10-13(20)15-11(4-2-5-12(15)19)18(16)9-8-17-7-3-6-14(16)17/h3,6-7H,2,4-5,8-10H2,1H3. The van der Waals surface area contributed by atoms with Gasteiger partial charge in [0.2, 0.25) is 0 Å². The number of nitrogens with zero attached hydrogens (tertiary/aromatic N) is 2. The first-order valence-electron chi connectivity index (χ1n) is 7.34. The van der Waals surface area contributed by atoms with Gasteiger partial charge in [0.25, 0.3) is 0 Å². The van der Waals surface area contributed by atoms with Crippen LogP contribution in [0.5, 0.6) is 0 Å². The van der Waals surface area contributed by atoms with Crippen molar-refractivity contribution in [1.29, 1.82) is 0 Å². The summed E-state index contributed by atoms with van der Waals surface area (Å²) in [6, 6.07) is 4.15. The summed E-state index contributed by atoms with van der Waals surface area (Å²) in [4.78, 5) is 26.9. The van der Waals surface area contributed by atoms with E-state index in [2.05, 4.69) is 28.7 Å². The quantitative estimate of drug-likeness (QED) is 0.677. The molecule has 1 unspecified atom stereocenters. The molecule has 0 fully saturated rings. The molecule has 0 aromatic carbocycles. The topological polar surface area (TPSA) is 42.3 Å². The molecule has 1 aliphatic carbocycles. The van der Waals surface area contributed by atoms with E-state index in [0.717, 1.165) is 31.6 Å². The summed E-state index contributed by atoms with van der Waals surface area (Å²) in [5.74, 6) is 0.0948. The summed E-state index contributed by atoms with van der Waals surface area (Å²) in [5, 5.41) is 0. The van der Waals surface area contributed by atoms with Gasteiger partial charge in [0.15, 0.2) is 11.6 Å². The van der Waals surface area contributed by atoms with Gasteiger partial charge in [-0.25, -0.2) is 0 Å². The summed E-state index contributed by atoms with van der Waals surface area (Å²) in [7, 11) is 0. The summed E-state index contributed by atoms with van der Waals surface area (Å²) in [5.41, 5.74) is 2.43. The average Bonchev–Trinajstić information content (AvgIpc) is 2.87. The number of rotatable bonds is 0. The average molecular weight is 270 g/mol. The van der Waals surface area contributed by atoms with E-state index in [4.69, 9.17) is 0 Å². The largest absolute Gasteiger partial charge is 0.361 e. The zero-order chi connectivity index (χ0) is 13.9. The maximum absolute atomic E-state index is 12.5. The third kappa shape index (κ3) is 1.37. The Morgan fingerprint density at radius 3 is 2.85 bits per heavy atom. The number of fused-ring (bicyclic) bond motifs is 4. The molecule has 3 heterocycles.